The smallest absolute Gasteiger partial charge is 0.374 e. The van der Waals surface area contributed by atoms with E-state index in [1.54, 1.807) is 0 Å². The molecule has 2 N–H and O–H groups in total. The predicted octanol–water partition coefficient (Wildman–Crippen LogP) is 1.54. The van der Waals surface area contributed by atoms with Gasteiger partial charge >= 0.3 is 5.97 Å². The molecule has 1 rings (SSSR count). The lowest BCUT2D eigenvalue weighted by Crippen LogP contribution is -2.38. The Balaban J connectivity index is 2.72. The second-order valence-corrected chi connectivity index (χ2v) is 4.11. The minimum Gasteiger partial charge on any atom is -0.475 e. The molecule has 0 bridgehead atoms. The molecular formula is C11H16N2O4. The molecule has 0 aromatic carbocycles. The molecule has 0 spiro atoms. The number of hydrogen-bond donors (Lipinski definition) is 2. The van der Waals surface area contributed by atoms with Gasteiger partial charge in [0.25, 0.3) is 5.91 Å². The van der Waals surface area contributed by atoms with Crippen LogP contribution in [0.5, 0.6) is 0 Å². The Labute approximate surface area is 99.0 Å². The number of amides is 1. The lowest BCUT2D eigenvalue weighted by atomic mass is 10.0. The number of carbonyl (C=O) groups excluding carboxylic acids is 1. The second kappa shape index (κ2) is 5.47. The van der Waals surface area contributed by atoms with Crippen molar-refractivity contribution in [2.75, 3.05) is 0 Å². The predicted molar refractivity (Wildman–Crippen MR) is 59.8 cm³/mol. The summed E-state index contributed by atoms with van der Waals surface area (Å²) < 4.78 is 4.51. The summed E-state index contributed by atoms with van der Waals surface area (Å²) in [5.41, 5.74) is -0.0125. The number of aromatic nitrogens is 1. The van der Waals surface area contributed by atoms with Crippen LogP contribution in [0.3, 0.4) is 0 Å². The SMILES string of the molecule is CCC(NC(=O)c1cc(C(=O)O)on1)C(C)C. The number of carboxylic acid groups (broad SMARTS) is 1. The van der Waals surface area contributed by atoms with Crippen molar-refractivity contribution in [3.8, 4) is 0 Å². The van der Waals surface area contributed by atoms with E-state index in [0.29, 0.717) is 5.92 Å². The number of carbonyl (C=O) groups is 2. The van der Waals surface area contributed by atoms with Crippen LogP contribution in [0.1, 0.15) is 48.2 Å². The molecule has 1 unspecified atom stereocenters. The normalized spacial score (nSPS) is 12.5. The molecule has 1 heterocycles. The Hall–Kier alpha value is -1.85. The molecule has 6 heteroatoms. The van der Waals surface area contributed by atoms with Crippen LogP contribution in [0.2, 0.25) is 0 Å². The summed E-state index contributed by atoms with van der Waals surface area (Å²) in [6.45, 7) is 5.97. The van der Waals surface area contributed by atoms with Crippen LogP contribution >= 0.6 is 0 Å². The van der Waals surface area contributed by atoms with Crippen LogP contribution in [0.4, 0.5) is 0 Å². The quantitative estimate of drug-likeness (QED) is 0.814. The first-order valence-electron chi connectivity index (χ1n) is 5.46. The zero-order valence-corrected chi connectivity index (χ0v) is 10.1. The molecule has 1 aromatic rings. The topological polar surface area (TPSA) is 92.4 Å². The summed E-state index contributed by atoms with van der Waals surface area (Å²) >= 11 is 0. The fourth-order valence-corrected chi connectivity index (χ4v) is 1.47. The highest BCUT2D eigenvalue weighted by Crippen LogP contribution is 2.08. The summed E-state index contributed by atoms with van der Waals surface area (Å²) in [4.78, 5) is 22.3. The fourth-order valence-electron chi connectivity index (χ4n) is 1.47. The van der Waals surface area contributed by atoms with Crippen LogP contribution < -0.4 is 5.32 Å². The molecular weight excluding hydrogens is 224 g/mol. The van der Waals surface area contributed by atoms with Crippen LogP contribution in [-0.4, -0.2) is 28.2 Å². The maximum absolute atomic E-state index is 11.7. The van der Waals surface area contributed by atoms with Crippen LogP contribution in [0.25, 0.3) is 0 Å². The minimum atomic E-state index is -1.24. The van der Waals surface area contributed by atoms with Gasteiger partial charge in [0, 0.05) is 12.1 Å². The third-order valence-electron chi connectivity index (χ3n) is 2.51. The molecule has 6 nitrogen and oxygen atoms in total. The van der Waals surface area contributed by atoms with E-state index in [1.807, 2.05) is 20.8 Å². The largest absolute Gasteiger partial charge is 0.475 e. The first-order valence-corrected chi connectivity index (χ1v) is 5.46. The first-order chi connectivity index (χ1) is 7.95. The van der Waals surface area contributed by atoms with E-state index < -0.39 is 11.9 Å². The van der Waals surface area contributed by atoms with Gasteiger partial charge in [0.15, 0.2) is 5.69 Å². The maximum atomic E-state index is 11.7. The summed E-state index contributed by atoms with van der Waals surface area (Å²) in [5, 5.41) is 14.8. The van der Waals surface area contributed by atoms with E-state index in [0.717, 1.165) is 12.5 Å². The molecule has 0 saturated heterocycles. The van der Waals surface area contributed by atoms with Gasteiger partial charge in [-0.25, -0.2) is 4.79 Å². The molecule has 0 aliphatic carbocycles. The van der Waals surface area contributed by atoms with Crippen molar-refractivity contribution in [2.24, 2.45) is 5.92 Å². The number of rotatable bonds is 5. The number of carboxylic acids is 1. The molecule has 0 aliphatic heterocycles. The number of hydrogen-bond acceptors (Lipinski definition) is 4. The highest BCUT2D eigenvalue weighted by molar-refractivity contribution is 5.94. The zero-order chi connectivity index (χ0) is 13.0. The minimum absolute atomic E-state index is 0.0125. The van der Waals surface area contributed by atoms with E-state index in [4.69, 9.17) is 5.11 Å². The molecule has 1 aromatic heterocycles. The van der Waals surface area contributed by atoms with Gasteiger partial charge in [-0.15, -0.1) is 0 Å². The first kappa shape index (κ1) is 13.2. The Morgan fingerprint density at radius 2 is 2.18 bits per heavy atom. The average Bonchev–Trinajstić information content (AvgIpc) is 2.74. The van der Waals surface area contributed by atoms with E-state index in [2.05, 4.69) is 15.0 Å². The van der Waals surface area contributed by atoms with Crippen molar-refractivity contribution < 1.29 is 19.2 Å². The summed E-state index contributed by atoms with van der Waals surface area (Å²) in [7, 11) is 0. The summed E-state index contributed by atoms with van der Waals surface area (Å²) in [6.07, 6.45) is 0.799. The van der Waals surface area contributed by atoms with Crippen molar-refractivity contribution in [1.29, 1.82) is 0 Å². The van der Waals surface area contributed by atoms with Crippen molar-refractivity contribution in [3.05, 3.63) is 17.5 Å². The van der Waals surface area contributed by atoms with E-state index in [1.165, 1.54) is 0 Å². The average molecular weight is 240 g/mol. The van der Waals surface area contributed by atoms with E-state index in [9.17, 15) is 9.59 Å². The van der Waals surface area contributed by atoms with Crippen molar-refractivity contribution in [2.45, 2.75) is 33.2 Å². The Morgan fingerprint density at radius 1 is 1.53 bits per heavy atom. The van der Waals surface area contributed by atoms with Gasteiger partial charge < -0.3 is 14.9 Å². The van der Waals surface area contributed by atoms with Gasteiger partial charge in [-0.2, -0.15) is 0 Å². The molecule has 0 radical (unpaired) electrons. The Morgan fingerprint density at radius 3 is 2.59 bits per heavy atom. The molecule has 1 atom stereocenters. The van der Waals surface area contributed by atoms with Gasteiger partial charge in [-0.1, -0.05) is 25.9 Å². The molecule has 17 heavy (non-hydrogen) atoms. The molecule has 0 saturated carbocycles. The van der Waals surface area contributed by atoms with Gasteiger partial charge in [0.05, 0.1) is 0 Å². The zero-order valence-electron chi connectivity index (χ0n) is 10.1. The van der Waals surface area contributed by atoms with Crippen LogP contribution in [0, 0.1) is 5.92 Å². The molecule has 0 fully saturated rings. The lowest BCUT2D eigenvalue weighted by molar-refractivity contribution is 0.0651. The second-order valence-electron chi connectivity index (χ2n) is 4.11. The van der Waals surface area contributed by atoms with E-state index in [-0.39, 0.29) is 17.5 Å². The highest BCUT2D eigenvalue weighted by Gasteiger charge is 2.20. The maximum Gasteiger partial charge on any atom is 0.374 e. The highest BCUT2D eigenvalue weighted by atomic mass is 16.5. The van der Waals surface area contributed by atoms with Crippen molar-refractivity contribution in [3.63, 3.8) is 0 Å². The molecule has 94 valence electrons. The lowest BCUT2D eigenvalue weighted by Gasteiger charge is -2.19. The third kappa shape index (κ3) is 3.30. The monoisotopic (exact) mass is 240 g/mol. The summed E-state index contributed by atoms with van der Waals surface area (Å²) in [5.74, 6) is -1.70. The number of nitrogens with one attached hydrogen (secondary N) is 1. The van der Waals surface area contributed by atoms with Gasteiger partial charge in [-0.3, -0.25) is 4.79 Å². The Kier molecular flexibility index (Phi) is 4.25. The van der Waals surface area contributed by atoms with Crippen molar-refractivity contribution in [1.82, 2.24) is 10.5 Å². The van der Waals surface area contributed by atoms with Gasteiger partial charge in [0.1, 0.15) is 0 Å². The Bertz CT molecular complexity index is 411. The molecule has 1 amide bonds. The fraction of sp³-hybridized carbons (Fsp3) is 0.545. The van der Waals surface area contributed by atoms with E-state index >= 15 is 0 Å². The third-order valence-corrected chi connectivity index (χ3v) is 2.51. The summed E-state index contributed by atoms with van der Waals surface area (Å²) in [6, 6.07) is 1.15. The van der Waals surface area contributed by atoms with Crippen molar-refractivity contribution >= 4 is 11.9 Å². The van der Waals surface area contributed by atoms with Gasteiger partial charge in [0.2, 0.25) is 5.76 Å². The standard InChI is InChI=1S/C11H16N2O4/c1-4-7(6(2)3)12-10(14)8-5-9(11(15)16)17-13-8/h5-7H,4H2,1-3H3,(H,12,14)(H,15,16). The number of aromatic carboxylic acids is 1. The van der Waals surface area contributed by atoms with Crippen LogP contribution in [0.15, 0.2) is 10.6 Å². The van der Waals surface area contributed by atoms with Crippen LogP contribution in [-0.2, 0) is 0 Å². The number of nitrogens with zero attached hydrogens (tertiary/aromatic N) is 1. The van der Waals surface area contributed by atoms with Gasteiger partial charge in [-0.05, 0) is 12.3 Å². The molecule has 0 aliphatic rings.